The summed E-state index contributed by atoms with van der Waals surface area (Å²) >= 11 is 19.8. The molecule has 8 heteroatoms. The molecule has 0 unspecified atom stereocenters. The van der Waals surface area contributed by atoms with Gasteiger partial charge < -0.3 is 9.88 Å². The Balaban J connectivity index is 1.68. The minimum atomic E-state index is -0.290. The average Bonchev–Trinajstić information content (AvgIpc) is 3.21. The van der Waals surface area contributed by atoms with Crippen LogP contribution in [0.25, 0.3) is 10.9 Å². The number of anilines is 1. The predicted molar refractivity (Wildman–Crippen MR) is 117 cm³/mol. The summed E-state index contributed by atoms with van der Waals surface area (Å²) in [6, 6.07) is 9.52. The highest BCUT2D eigenvalue weighted by atomic mass is 35.5. The maximum absolute atomic E-state index is 12.8. The highest BCUT2D eigenvalue weighted by Gasteiger charge is 2.15. The monoisotopic (exact) mass is 449 g/mol. The summed E-state index contributed by atoms with van der Waals surface area (Å²) in [5.41, 5.74) is 2.98. The fourth-order valence-corrected chi connectivity index (χ4v) is 4.61. The van der Waals surface area contributed by atoms with Gasteiger partial charge in [0.25, 0.3) is 5.91 Å². The summed E-state index contributed by atoms with van der Waals surface area (Å²) in [5.74, 6) is -0.290. The van der Waals surface area contributed by atoms with Crippen molar-refractivity contribution in [1.29, 1.82) is 0 Å². The number of aryl methyl sites for hydroxylation is 1. The van der Waals surface area contributed by atoms with Gasteiger partial charge in [0.1, 0.15) is 0 Å². The molecule has 4 nitrogen and oxygen atoms in total. The Morgan fingerprint density at radius 3 is 2.57 bits per heavy atom. The molecule has 4 rings (SSSR count). The number of amides is 1. The molecule has 0 bridgehead atoms. The number of fused-ring (bicyclic) bond motifs is 1. The van der Waals surface area contributed by atoms with Crippen LogP contribution in [0, 0.1) is 6.92 Å². The topological polar surface area (TPSA) is 46.9 Å². The van der Waals surface area contributed by atoms with Gasteiger partial charge in [-0.25, -0.2) is 0 Å². The van der Waals surface area contributed by atoms with Crippen LogP contribution in [0.3, 0.4) is 0 Å². The highest BCUT2D eigenvalue weighted by molar-refractivity contribution is 7.16. The molecule has 0 radical (unpaired) electrons. The quantitative estimate of drug-likeness (QED) is 0.377. The van der Waals surface area contributed by atoms with Crippen LogP contribution in [0.2, 0.25) is 14.4 Å². The second kappa shape index (κ2) is 7.76. The van der Waals surface area contributed by atoms with Gasteiger partial charge in [-0.05, 0) is 36.8 Å². The Kier molecular flexibility index (Phi) is 5.34. The van der Waals surface area contributed by atoms with Crippen LogP contribution in [-0.4, -0.2) is 15.5 Å². The van der Waals surface area contributed by atoms with Crippen LogP contribution in [0.5, 0.6) is 0 Å². The first-order valence-corrected chi connectivity index (χ1v) is 10.3. The molecular formula is C20H14Cl3N3OS. The van der Waals surface area contributed by atoms with Crippen LogP contribution in [0.15, 0.2) is 48.9 Å². The van der Waals surface area contributed by atoms with E-state index in [1.807, 2.05) is 24.3 Å². The van der Waals surface area contributed by atoms with Gasteiger partial charge in [-0.1, -0.05) is 40.9 Å². The number of carbonyl (C=O) groups is 1. The molecule has 0 saturated heterocycles. The first kappa shape index (κ1) is 19.3. The Labute approximate surface area is 180 Å². The van der Waals surface area contributed by atoms with E-state index in [0.717, 1.165) is 25.7 Å². The molecule has 1 N–H and O–H groups in total. The fourth-order valence-electron chi connectivity index (χ4n) is 3.07. The molecule has 0 spiro atoms. The Morgan fingerprint density at radius 2 is 1.89 bits per heavy atom. The van der Waals surface area contributed by atoms with Gasteiger partial charge in [-0.3, -0.25) is 9.78 Å². The smallest absolute Gasteiger partial charge is 0.255 e. The molecule has 0 atom stereocenters. The van der Waals surface area contributed by atoms with E-state index in [0.29, 0.717) is 17.8 Å². The molecule has 0 saturated carbocycles. The lowest BCUT2D eigenvalue weighted by atomic mass is 10.1. The minimum absolute atomic E-state index is 0.288. The van der Waals surface area contributed by atoms with Gasteiger partial charge in [0.2, 0.25) is 0 Å². The molecule has 1 amide bonds. The van der Waals surface area contributed by atoms with Crippen molar-refractivity contribution < 1.29 is 4.79 Å². The van der Waals surface area contributed by atoms with Crippen LogP contribution in [-0.2, 0) is 6.54 Å². The summed E-state index contributed by atoms with van der Waals surface area (Å²) < 4.78 is 2.88. The van der Waals surface area contributed by atoms with E-state index in [2.05, 4.69) is 28.0 Å². The fraction of sp³-hybridized carbons (Fsp3) is 0.100. The minimum Gasteiger partial charge on any atom is -0.342 e. The van der Waals surface area contributed by atoms with Gasteiger partial charge in [0.05, 0.1) is 26.6 Å². The molecular weight excluding hydrogens is 437 g/mol. The van der Waals surface area contributed by atoms with Crippen molar-refractivity contribution in [1.82, 2.24) is 9.55 Å². The number of nitrogens with zero attached hydrogens (tertiary/aromatic N) is 2. The van der Waals surface area contributed by atoms with Gasteiger partial charge in [0, 0.05) is 39.9 Å². The molecule has 0 fully saturated rings. The molecule has 0 aliphatic rings. The maximum atomic E-state index is 12.8. The number of thiophene rings is 1. The van der Waals surface area contributed by atoms with Crippen LogP contribution < -0.4 is 5.32 Å². The van der Waals surface area contributed by atoms with E-state index < -0.39 is 0 Å². The number of hydrogen-bond donors (Lipinski definition) is 1. The summed E-state index contributed by atoms with van der Waals surface area (Å²) in [5, 5.41) is 4.44. The van der Waals surface area contributed by atoms with Crippen molar-refractivity contribution in [3.8, 4) is 0 Å². The zero-order valence-corrected chi connectivity index (χ0v) is 17.8. The van der Waals surface area contributed by atoms with Crippen molar-refractivity contribution in [2.45, 2.75) is 13.5 Å². The molecule has 28 heavy (non-hydrogen) atoms. The molecule has 0 aliphatic carbocycles. The van der Waals surface area contributed by atoms with E-state index >= 15 is 0 Å². The van der Waals surface area contributed by atoms with Gasteiger partial charge in [0.15, 0.2) is 0 Å². The second-order valence-electron chi connectivity index (χ2n) is 6.31. The first-order chi connectivity index (χ1) is 13.4. The standard InChI is InChI=1S/C20H14Cl3N3OS/c1-11-9-26(10-13-3-5-18(23)28-13)17-6-12(2-4-14(11)17)20(27)25-19-15(21)7-24-8-16(19)22/h2-9H,10H2,1H3,(H,24,25,27). The van der Waals surface area contributed by atoms with E-state index in [9.17, 15) is 4.79 Å². The van der Waals surface area contributed by atoms with Crippen LogP contribution in [0.4, 0.5) is 5.69 Å². The molecule has 4 aromatic rings. The third-order valence-corrected chi connectivity index (χ3v) is 6.18. The summed E-state index contributed by atoms with van der Waals surface area (Å²) in [7, 11) is 0. The maximum Gasteiger partial charge on any atom is 0.255 e. The number of benzene rings is 1. The van der Waals surface area contributed by atoms with E-state index in [4.69, 9.17) is 34.8 Å². The lowest BCUT2D eigenvalue weighted by Gasteiger charge is -2.10. The highest BCUT2D eigenvalue weighted by Crippen LogP contribution is 2.30. The van der Waals surface area contributed by atoms with Crippen LogP contribution in [0.1, 0.15) is 20.8 Å². The first-order valence-electron chi connectivity index (χ1n) is 8.36. The normalized spacial score (nSPS) is 11.1. The number of carbonyl (C=O) groups excluding carboxylic acids is 1. The molecule has 142 valence electrons. The number of aromatic nitrogens is 2. The van der Waals surface area contributed by atoms with Gasteiger partial charge in [-0.15, -0.1) is 11.3 Å². The lowest BCUT2D eigenvalue weighted by molar-refractivity contribution is 0.102. The largest absolute Gasteiger partial charge is 0.342 e. The summed E-state index contributed by atoms with van der Waals surface area (Å²) in [6.07, 6.45) is 4.95. The van der Waals surface area contributed by atoms with Crippen molar-refractivity contribution >= 4 is 68.6 Å². The number of rotatable bonds is 4. The van der Waals surface area contributed by atoms with Crippen molar-refractivity contribution in [3.63, 3.8) is 0 Å². The van der Waals surface area contributed by atoms with Gasteiger partial charge >= 0.3 is 0 Å². The number of nitrogens with one attached hydrogen (secondary N) is 1. The van der Waals surface area contributed by atoms with E-state index in [1.165, 1.54) is 12.4 Å². The van der Waals surface area contributed by atoms with Crippen molar-refractivity contribution in [3.05, 3.63) is 79.3 Å². The Morgan fingerprint density at radius 1 is 1.14 bits per heavy atom. The van der Waals surface area contributed by atoms with E-state index in [-0.39, 0.29) is 16.0 Å². The second-order valence-corrected chi connectivity index (χ2v) is 8.92. The molecule has 0 aliphatic heterocycles. The summed E-state index contributed by atoms with van der Waals surface area (Å²) in [6.45, 7) is 2.74. The third-order valence-electron chi connectivity index (χ3n) is 4.39. The van der Waals surface area contributed by atoms with Crippen molar-refractivity contribution in [2.75, 3.05) is 5.32 Å². The molecule has 3 aromatic heterocycles. The Bertz CT molecular complexity index is 1180. The molecule has 3 heterocycles. The number of hydrogen-bond acceptors (Lipinski definition) is 3. The predicted octanol–water partition coefficient (Wildman–Crippen LogP) is 6.67. The number of pyridine rings is 1. The van der Waals surface area contributed by atoms with Crippen LogP contribution >= 0.6 is 46.1 Å². The zero-order chi connectivity index (χ0) is 19.8. The third kappa shape index (κ3) is 3.76. The zero-order valence-electron chi connectivity index (χ0n) is 14.7. The van der Waals surface area contributed by atoms with Crippen molar-refractivity contribution in [2.24, 2.45) is 0 Å². The Hall–Kier alpha value is -2.05. The lowest BCUT2D eigenvalue weighted by Crippen LogP contribution is -2.13. The average molecular weight is 451 g/mol. The summed E-state index contributed by atoms with van der Waals surface area (Å²) in [4.78, 5) is 17.8. The van der Waals surface area contributed by atoms with E-state index in [1.54, 1.807) is 17.4 Å². The SMILES string of the molecule is Cc1cn(Cc2ccc(Cl)s2)c2cc(C(=O)Nc3c(Cl)cncc3Cl)ccc12. The molecule has 1 aromatic carbocycles. The van der Waals surface area contributed by atoms with Gasteiger partial charge in [-0.2, -0.15) is 0 Å². The number of halogens is 3.